The molecular weight excluding hydrogens is 266 g/mol. The molecule has 0 aliphatic rings. The van der Waals surface area contributed by atoms with Crippen molar-refractivity contribution in [3.63, 3.8) is 0 Å². The number of rotatable bonds is 7. The van der Waals surface area contributed by atoms with Crippen molar-refractivity contribution in [1.82, 2.24) is 14.7 Å². The summed E-state index contributed by atoms with van der Waals surface area (Å²) >= 11 is 6.28. The summed E-state index contributed by atoms with van der Waals surface area (Å²) in [5.41, 5.74) is 1.78. The molecule has 0 aromatic carbocycles. The topological polar surface area (TPSA) is 47.4 Å². The molecular formula is C13H22ClN3O2. The van der Waals surface area contributed by atoms with Crippen molar-refractivity contribution in [3.05, 3.63) is 16.4 Å². The molecule has 5 nitrogen and oxygen atoms in total. The zero-order valence-corrected chi connectivity index (χ0v) is 12.8. The minimum Gasteiger partial charge on any atom is -0.468 e. The van der Waals surface area contributed by atoms with Gasteiger partial charge < -0.3 is 4.74 Å². The minimum absolute atomic E-state index is 0.233. The number of aryl methyl sites for hydroxylation is 2. The molecule has 1 rings (SSSR count). The van der Waals surface area contributed by atoms with Crippen LogP contribution in [-0.4, -0.2) is 40.8 Å². The lowest BCUT2D eigenvalue weighted by Crippen LogP contribution is -2.31. The van der Waals surface area contributed by atoms with Crippen LogP contribution in [-0.2, 0) is 22.6 Å². The predicted molar refractivity (Wildman–Crippen MR) is 75.2 cm³/mol. The van der Waals surface area contributed by atoms with Gasteiger partial charge in [-0.1, -0.05) is 18.5 Å². The molecule has 108 valence electrons. The lowest BCUT2D eigenvalue weighted by molar-refractivity contribution is -0.142. The van der Waals surface area contributed by atoms with Crippen LogP contribution in [0.4, 0.5) is 0 Å². The molecule has 0 saturated carbocycles. The Kier molecular flexibility index (Phi) is 6.31. The number of nitrogens with zero attached hydrogens (tertiary/aromatic N) is 3. The Balaban J connectivity index is 2.86. The summed E-state index contributed by atoms with van der Waals surface area (Å²) in [6.07, 6.45) is 0.966. The highest BCUT2D eigenvalue weighted by molar-refractivity contribution is 6.31. The Morgan fingerprint density at radius 1 is 1.47 bits per heavy atom. The van der Waals surface area contributed by atoms with E-state index in [-0.39, 0.29) is 12.5 Å². The van der Waals surface area contributed by atoms with E-state index in [4.69, 9.17) is 16.3 Å². The van der Waals surface area contributed by atoms with E-state index in [2.05, 4.69) is 12.0 Å². The van der Waals surface area contributed by atoms with Crippen LogP contribution in [0.2, 0.25) is 5.02 Å². The zero-order valence-electron chi connectivity index (χ0n) is 12.1. The van der Waals surface area contributed by atoms with E-state index in [0.717, 1.165) is 30.9 Å². The van der Waals surface area contributed by atoms with Crippen LogP contribution >= 0.6 is 11.6 Å². The minimum atomic E-state index is -0.233. The molecule has 0 fully saturated rings. The van der Waals surface area contributed by atoms with Gasteiger partial charge in [-0.3, -0.25) is 14.4 Å². The molecule has 0 amide bonds. The number of esters is 1. The van der Waals surface area contributed by atoms with Crippen molar-refractivity contribution in [2.45, 2.75) is 40.3 Å². The maximum atomic E-state index is 11.4. The second-order valence-electron chi connectivity index (χ2n) is 4.45. The highest BCUT2D eigenvalue weighted by atomic mass is 35.5. The number of aromatic nitrogens is 2. The summed E-state index contributed by atoms with van der Waals surface area (Å²) in [6, 6.07) is 0. The number of hydrogen-bond donors (Lipinski definition) is 0. The fourth-order valence-corrected chi connectivity index (χ4v) is 2.20. The molecule has 1 aromatic heterocycles. The smallest absolute Gasteiger partial charge is 0.319 e. The second-order valence-corrected chi connectivity index (χ2v) is 4.83. The van der Waals surface area contributed by atoms with Gasteiger partial charge in [0.1, 0.15) is 0 Å². The molecule has 0 radical (unpaired) electrons. The first-order valence-corrected chi connectivity index (χ1v) is 6.92. The van der Waals surface area contributed by atoms with Crippen LogP contribution in [0.3, 0.4) is 0 Å². The average Bonchev–Trinajstić information content (AvgIpc) is 2.66. The Morgan fingerprint density at radius 3 is 2.68 bits per heavy atom. The van der Waals surface area contributed by atoms with E-state index in [1.54, 1.807) is 0 Å². The molecule has 0 unspecified atom stereocenters. The van der Waals surface area contributed by atoms with E-state index in [0.29, 0.717) is 11.6 Å². The summed E-state index contributed by atoms with van der Waals surface area (Å²) in [7, 11) is 1.40. The van der Waals surface area contributed by atoms with Gasteiger partial charge in [0.25, 0.3) is 0 Å². The van der Waals surface area contributed by atoms with Gasteiger partial charge in [-0.25, -0.2) is 0 Å². The van der Waals surface area contributed by atoms with Crippen molar-refractivity contribution in [2.24, 2.45) is 0 Å². The molecule has 0 spiro atoms. The molecule has 1 aromatic rings. The normalized spacial score (nSPS) is 11.1. The fraction of sp³-hybridized carbons (Fsp3) is 0.692. The van der Waals surface area contributed by atoms with Gasteiger partial charge in [0, 0.05) is 13.1 Å². The van der Waals surface area contributed by atoms with Gasteiger partial charge in [-0.2, -0.15) is 5.10 Å². The predicted octanol–water partition coefficient (Wildman–Crippen LogP) is 2.25. The maximum Gasteiger partial charge on any atom is 0.319 e. The third kappa shape index (κ3) is 4.21. The van der Waals surface area contributed by atoms with E-state index in [1.807, 2.05) is 23.4 Å². The van der Waals surface area contributed by atoms with Crippen molar-refractivity contribution < 1.29 is 9.53 Å². The van der Waals surface area contributed by atoms with Crippen molar-refractivity contribution in [1.29, 1.82) is 0 Å². The van der Waals surface area contributed by atoms with Crippen LogP contribution < -0.4 is 0 Å². The number of carbonyl (C=O) groups excluding carboxylic acids is 1. The van der Waals surface area contributed by atoms with Crippen molar-refractivity contribution in [2.75, 3.05) is 20.2 Å². The summed E-state index contributed by atoms with van der Waals surface area (Å²) in [5.74, 6) is -0.233. The molecule has 0 N–H and O–H groups in total. The maximum absolute atomic E-state index is 11.4. The van der Waals surface area contributed by atoms with Crippen LogP contribution in [0, 0.1) is 6.92 Å². The highest BCUT2D eigenvalue weighted by Crippen LogP contribution is 2.21. The largest absolute Gasteiger partial charge is 0.468 e. The van der Waals surface area contributed by atoms with Crippen molar-refractivity contribution >= 4 is 17.6 Å². The monoisotopic (exact) mass is 287 g/mol. The SMILES string of the molecule is CCCN(CC(=O)OC)Cc1c(Cl)c(C)nn1CC. The summed E-state index contributed by atoms with van der Waals surface area (Å²) < 4.78 is 6.61. The third-order valence-electron chi connectivity index (χ3n) is 2.95. The zero-order chi connectivity index (χ0) is 14.4. The number of carbonyl (C=O) groups is 1. The van der Waals surface area contributed by atoms with Gasteiger partial charge >= 0.3 is 5.97 Å². The van der Waals surface area contributed by atoms with Gasteiger partial charge in [0.15, 0.2) is 0 Å². The lowest BCUT2D eigenvalue weighted by Gasteiger charge is -2.20. The molecule has 0 atom stereocenters. The third-order valence-corrected chi connectivity index (χ3v) is 3.44. The van der Waals surface area contributed by atoms with Crippen LogP contribution in [0.5, 0.6) is 0 Å². The molecule has 19 heavy (non-hydrogen) atoms. The van der Waals surface area contributed by atoms with E-state index >= 15 is 0 Å². The van der Waals surface area contributed by atoms with Crippen LogP contribution in [0.1, 0.15) is 31.7 Å². The molecule has 0 aliphatic heterocycles. The lowest BCUT2D eigenvalue weighted by atomic mass is 10.3. The number of halogens is 1. The van der Waals surface area contributed by atoms with E-state index < -0.39 is 0 Å². The Bertz CT molecular complexity index is 432. The van der Waals surface area contributed by atoms with Gasteiger partial charge in [-0.15, -0.1) is 0 Å². The number of hydrogen-bond acceptors (Lipinski definition) is 4. The van der Waals surface area contributed by atoms with Gasteiger partial charge in [0.05, 0.1) is 30.1 Å². The summed E-state index contributed by atoms with van der Waals surface area (Å²) in [5, 5.41) is 5.07. The summed E-state index contributed by atoms with van der Waals surface area (Å²) in [6.45, 7) is 8.46. The first-order valence-electron chi connectivity index (χ1n) is 6.54. The van der Waals surface area contributed by atoms with Crippen LogP contribution in [0.25, 0.3) is 0 Å². The molecule has 0 bridgehead atoms. The Labute approximate surface area is 119 Å². The number of ether oxygens (including phenoxy) is 1. The Morgan fingerprint density at radius 2 is 2.16 bits per heavy atom. The number of methoxy groups -OCH3 is 1. The Hall–Kier alpha value is -1.07. The standard InChI is InChI=1S/C13H22ClN3O2/c1-5-7-16(9-12(18)19-4)8-11-13(14)10(3)15-17(11)6-2/h5-9H2,1-4H3. The van der Waals surface area contributed by atoms with Gasteiger partial charge in [-0.05, 0) is 26.8 Å². The highest BCUT2D eigenvalue weighted by Gasteiger charge is 2.17. The summed E-state index contributed by atoms with van der Waals surface area (Å²) in [4.78, 5) is 13.4. The quantitative estimate of drug-likeness (QED) is 0.722. The first-order chi connectivity index (χ1) is 9.03. The second kappa shape index (κ2) is 7.50. The fourth-order valence-electron chi connectivity index (χ4n) is 2.01. The van der Waals surface area contributed by atoms with Crippen LogP contribution in [0.15, 0.2) is 0 Å². The van der Waals surface area contributed by atoms with Crippen molar-refractivity contribution in [3.8, 4) is 0 Å². The van der Waals surface area contributed by atoms with E-state index in [9.17, 15) is 4.79 Å². The van der Waals surface area contributed by atoms with Gasteiger partial charge in [0.2, 0.25) is 0 Å². The molecule has 1 heterocycles. The first kappa shape index (κ1) is 16.0. The molecule has 0 saturated heterocycles. The molecule has 6 heteroatoms. The molecule has 0 aliphatic carbocycles. The average molecular weight is 288 g/mol. The van der Waals surface area contributed by atoms with E-state index in [1.165, 1.54) is 7.11 Å².